The molecule has 0 bridgehead atoms. The quantitative estimate of drug-likeness (QED) is 0.359. The van der Waals surface area contributed by atoms with Crippen molar-refractivity contribution in [2.24, 2.45) is 14.1 Å². The van der Waals surface area contributed by atoms with Crippen molar-refractivity contribution < 1.29 is 9.47 Å². The molecule has 2 aromatic carbocycles. The molecule has 0 radical (unpaired) electrons. The second-order valence-corrected chi connectivity index (χ2v) is 10.8. The first-order valence-corrected chi connectivity index (χ1v) is 14.0. The van der Waals surface area contributed by atoms with Crippen LogP contribution in [-0.2, 0) is 18.8 Å². The Labute approximate surface area is 239 Å². The van der Waals surface area contributed by atoms with Crippen molar-refractivity contribution in [3.05, 3.63) is 64.2 Å². The maximum atomic E-state index is 12.9. The molecule has 2 aliphatic rings. The molecule has 1 fully saturated rings. The van der Waals surface area contributed by atoms with Gasteiger partial charge in [0, 0.05) is 94.3 Å². The van der Waals surface area contributed by atoms with Crippen LogP contribution in [0, 0.1) is 18.3 Å². The Morgan fingerprint density at radius 3 is 2.54 bits per heavy atom. The van der Waals surface area contributed by atoms with Gasteiger partial charge in [0.1, 0.15) is 12.4 Å². The van der Waals surface area contributed by atoms with Crippen LogP contribution >= 0.6 is 0 Å². The van der Waals surface area contributed by atoms with E-state index in [0.717, 1.165) is 85.0 Å². The van der Waals surface area contributed by atoms with Gasteiger partial charge in [0.05, 0.1) is 53.6 Å². The smallest absolute Gasteiger partial charge is 0.253 e. The number of aryl methyl sites for hydroxylation is 3. The van der Waals surface area contributed by atoms with Crippen molar-refractivity contribution in [1.29, 1.82) is 5.26 Å². The Morgan fingerprint density at radius 1 is 1.00 bits per heavy atom. The lowest BCUT2D eigenvalue weighted by Crippen LogP contribution is -2.38. The third-order valence-electron chi connectivity index (χ3n) is 8.16. The highest BCUT2D eigenvalue weighted by Crippen LogP contribution is 2.44. The van der Waals surface area contributed by atoms with Crippen LogP contribution in [0.1, 0.15) is 11.1 Å². The molecule has 0 atom stereocenters. The highest BCUT2D eigenvalue weighted by molar-refractivity contribution is 5.98. The van der Waals surface area contributed by atoms with Gasteiger partial charge in [0.15, 0.2) is 0 Å². The number of aromatic nitrogens is 3. The Balaban J connectivity index is 1.45. The minimum atomic E-state index is -0.0272. The number of anilines is 3. The summed E-state index contributed by atoms with van der Waals surface area (Å²) in [6.07, 6.45) is 3.72. The number of nitrogens with zero attached hydrogens (tertiary/aromatic N) is 7. The maximum Gasteiger partial charge on any atom is 0.253 e. The second-order valence-electron chi connectivity index (χ2n) is 10.8. The third-order valence-corrected chi connectivity index (χ3v) is 8.16. The molecule has 10 nitrogen and oxygen atoms in total. The molecule has 2 aliphatic heterocycles. The van der Waals surface area contributed by atoms with Gasteiger partial charge < -0.3 is 23.8 Å². The van der Waals surface area contributed by atoms with E-state index < -0.39 is 0 Å². The SMILES string of the molecule is Cc1cc2c(N3CCN(C)c4cc(-c5cnn(C)c5)c(C#N)cc43)cc(OCCN3CCOCC3)cc2n(C)c1=O. The Bertz CT molecular complexity index is 1710. The number of likely N-dealkylation sites (N-methyl/N-ethyl adjacent to an activating group) is 1. The number of nitriles is 1. The number of benzene rings is 2. The molecular weight excluding hydrogens is 518 g/mol. The largest absolute Gasteiger partial charge is 0.492 e. The van der Waals surface area contributed by atoms with Crippen molar-refractivity contribution >= 4 is 28.0 Å². The number of rotatable bonds is 6. The summed E-state index contributed by atoms with van der Waals surface area (Å²) in [5, 5.41) is 15.4. The number of morpholine rings is 1. The van der Waals surface area contributed by atoms with E-state index >= 15 is 0 Å². The molecule has 4 aromatic rings. The van der Waals surface area contributed by atoms with E-state index in [2.05, 4.69) is 45.0 Å². The van der Waals surface area contributed by atoms with Gasteiger partial charge >= 0.3 is 0 Å². The van der Waals surface area contributed by atoms with Crippen molar-refractivity contribution in [3.8, 4) is 22.9 Å². The molecule has 1 saturated heterocycles. The molecular formula is C31H35N7O3. The summed E-state index contributed by atoms with van der Waals surface area (Å²) in [4.78, 5) is 19.8. The summed E-state index contributed by atoms with van der Waals surface area (Å²) in [5.41, 5.74) is 6.75. The predicted octanol–water partition coefficient (Wildman–Crippen LogP) is 3.42. The summed E-state index contributed by atoms with van der Waals surface area (Å²) >= 11 is 0. The fourth-order valence-corrected chi connectivity index (χ4v) is 5.83. The van der Waals surface area contributed by atoms with Crippen LogP contribution in [0.3, 0.4) is 0 Å². The molecule has 212 valence electrons. The minimum absolute atomic E-state index is 0.0272. The lowest BCUT2D eigenvalue weighted by molar-refractivity contribution is 0.0322. The zero-order valence-corrected chi connectivity index (χ0v) is 24.1. The van der Waals surface area contributed by atoms with E-state index in [9.17, 15) is 10.1 Å². The molecule has 0 aliphatic carbocycles. The van der Waals surface area contributed by atoms with Crippen LogP contribution in [0.25, 0.3) is 22.0 Å². The standard InChI is InChI=1S/C31H35N7O3/c1-21-13-26-27(36(4)31(21)39)15-24(41-12-9-37-7-10-40-11-8-37)16-28(26)38-6-5-34(2)29-17-25(22(18-32)14-30(29)38)23-19-33-35(3)20-23/h13-17,19-20H,5-12H2,1-4H3. The lowest BCUT2D eigenvalue weighted by atomic mass is 9.98. The lowest BCUT2D eigenvalue weighted by Gasteiger charge is -2.38. The van der Waals surface area contributed by atoms with Crippen molar-refractivity contribution in [3.63, 3.8) is 0 Å². The summed E-state index contributed by atoms with van der Waals surface area (Å²) < 4.78 is 15.2. The molecule has 6 rings (SSSR count). The van der Waals surface area contributed by atoms with Gasteiger partial charge in [-0.05, 0) is 25.1 Å². The highest BCUT2D eigenvalue weighted by Gasteiger charge is 2.27. The maximum absolute atomic E-state index is 12.9. The zero-order valence-electron chi connectivity index (χ0n) is 24.1. The van der Waals surface area contributed by atoms with Crippen LogP contribution < -0.4 is 20.1 Å². The molecule has 0 N–H and O–H groups in total. The first-order chi connectivity index (χ1) is 19.8. The predicted molar refractivity (Wildman–Crippen MR) is 160 cm³/mol. The zero-order chi connectivity index (χ0) is 28.7. The number of pyridine rings is 1. The molecule has 4 heterocycles. The van der Waals surface area contributed by atoms with E-state index in [1.54, 1.807) is 15.4 Å². The minimum Gasteiger partial charge on any atom is -0.492 e. The topological polar surface area (TPSA) is 91.8 Å². The summed E-state index contributed by atoms with van der Waals surface area (Å²) in [6, 6.07) is 12.5. The molecule has 0 unspecified atom stereocenters. The van der Waals surface area contributed by atoms with Crippen LogP contribution in [-0.4, -0.2) is 78.8 Å². The van der Waals surface area contributed by atoms with Gasteiger partial charge in [0.2, 0.25) is 0 Å². The Morgan fingerprint density at radius 2 is 1.80 bits per heavy atom. The Kier molecular flexibility index (Phi) is 7.15. The van der Waals surface area contributed by atoms with Gasteiger partial charge in [-0.25, -0.2) is 0 Å². The summed E-state index contributed by atoms with van der Waals surface area (Å²) in [6.45, 7) is 8.01. The molecule has 0 spiro atoms. The third kappa shape index (κ3) is 5.03. The van der Waals surface area contributed by atoms with Crippen molar-refractivity contribution in [2.75, 3.05) is 69.4 Å². The van der Waals surface area contributed by atoms with Crippen LogP contribution in [0.5, 0.6) is 5.75 Å². The Hall–Kier alpha value is -4.33. The van der Waals surface area contributed by atoms with Crippen molar-refractivity contribution in [1.82, 2.24) is 19.2 Å². The summed E-state index contributed by atoms with van der Waals surface area (Å²) in [7, 11) is 5.76. The first kappa shape index (κ1) is 26.9. The van der Waals surface area contributed by atoms with Gasteiger partial charge in [0.25, 0.3) is 5.56 Å². The van der Waals surface area contributed by atoms with E-state index in [-0.39, 0.29) is 5.56 Å². The van der Waals surface area contributed by atoms with Gasteiger partial charge in [-0.15, -0.1) is 0 Å². The van der Waals surface area contributed by atoms with Crippen LogP contribution in [0.15, 0.2) is 47.5 Å². The second kappa shape index (κ2) is 10.9. The van der Waals surface area contributed by atoms with Crippen LogP contribution in [0.2, 0.25) is 0 Å². The number of hydrogen-bond donors (Lipinski definition) is 0. The number of hydrogen-bond acceptors (Lipinski definition) is 8. The average Bonchev–Trinajstić information content (AvgIpc) is 3.42. The molecule has 0 amide bonds. The van der Waals surface area contributed by atoms with E-state index in [0.29, 0.717) is 23.5 Å². The molecule has 41 heavy (non-hydrogen) atoms. The highest BCUT2D eigenvalue weighted by atomic mass is 16.5. The molecule has 0 saturated carbocycles. The van der Waals surface area contributed by atoms with E-state index in [1.807, 2.05) is 45.4 Å². The van der Waals surface area contributed by atoms with E-state index in [4.69, 9.17) is 9.47 Å². The molecule has 10 heteroatoms. The van der Waals surface area contributed by atoms with Gasteiger partial charge in [-0.2, -0.15) is 10.4 Å². The van der Waals surface area contributed by atoms with E-state index in [1.165, 1.54) is 0 Å². The fourth-order valence-electron chi connectivity index (χ4n) is 5.83. The fraction of sp³-hybridized carbons (Fsp3) is 0.387. The number of ether oxygens (including phenoxy) is 2. The van der Waals surface area contributed by atoms with Gasteiger partial charge in [-0.3, -0.25) is 14.4 Å². The molecule has 2 aromatic heterocycles. The van der Waals surface area contributed by atoms with Gasteiger partial charge in [-0.1, -0.05) is 0 Å². The normalized spacial score (nSPS) is 15.7. The summed E-state index contributed by atoms with van der Waals surface area (Å²) in [5.74, 6) is 0.715. The first-order valence-electron chi connectivity index (χ1n) is 14.0. The van der Waals surface area contributed by atoms with Crippen molar-refractivity contribution in [2.45, 2.75) is 6.92 Å². The number of fused-ring (bicyclic) bond motifs is 2. The monoisotopic (exact) mass is 553 g/mol. The van der Waals surface area contributed by atoms with Crippen LogP contribution in [0.4, 0.5) is 17.1 Å². The average molecular weight is 554 g/mol.